The zero-order valence-electron chi connectivity index (χ0n) is 19.8. The van der Waals surface area contributed by atoms with Crippen molar-refractivity contribution in [3.8, 4) is 0 Å². The van der Waals surface area contributed by atoms with Crippen LogP contribution in [-0.4, -0.2) is 47.0 Å². The van der Waals surface area contributed by atoms with Gasteiger partial charge in [-0.05, 0) is 59.8 Å². The predicted molar refractivity (Wildman–Crippen MR) is 130 cm³/mol. The van der Waals surface area contributed by atoms with Crippen LogP contribution in [0.25, 0.3) is 0 Å². The average molecular weight is 453 g/mol. The molecule has 0 saturated carbocycles. The summed E-state index contributed by atoms with van der Waals surface area (Å²) in [5.41, 5.74) is 4.06. The van der Waals surface area contributed by atoms with Crippen LogP contribution in [0.15, 0.2) is 34.9 Å². The molecular weight excluding hydrogens is 412 g/mol. The molecule has 0 spiro atoms. The van der Waals surface area contributed by atoms with Crippen LogP contribution in [0.1, 0.15) is 73.1 Å². The van der Waals surface area contributed by atoms with Gasteiger partial charge in [0.1, 0.15) is 6.04 Å². The van der Waals surface area contributed by atoms with Crippen LogP contribution in [0.4, 0.5) is 0 Å². The normalized spacial score (nSPS) is 12.8. The molecule has 0 aromatic heterocycles. The van der Waals surface area contributed by atoms with Crippen LogP contribution in [0.2, 0.25) is 0 Å². The van der Waals surface area contributed by atoms with E-state index in [9.17, 15) is 19.5 Å². The maximum atomic E-state index is 11.9. The van der Waals surface area contributed by atoms with Gasteiger partial charge in [0.2, 0.25) is 11.8 Å². The third kappa shape index (κ3) is 18.5. The molecule has 3 N–H and O–H groups in total. The first kappa shape index (κ1) is 29.0. The number of nitrogens with one attached hydrogen (secondary N) is 2. The summed E-state index contributed by atoms with van der Waals surface area (Å²) in [6.07, 6.45) is 11.6. The van der Waals surface area contributed by atoms with Gasteiger partial charge in [0.15, 0.2) is 0 Å². The third-order valence-electron chi connectivity index (χ3n) is 4.54. The van der Waals surface area contributed by atoms with Gasteiger partial charge in [0, 0.05) is 31.4 Å². The van der Waals surface area contributed by atoms with Crippen molar-refractivity contribution in [2.24, 2.45) is 0 Å². The molecule has 0 fully saturated rings. The number of hydrogen-bond donors (Lipinski definition) is 3. The van der Waals surface area contributed by atoms with Crippen molar-refractivity contribution in [2.45, 2.75) is 79.2 Å². The van der Waals surface area contributed by atoms with Crippen molar-refractivity contribution >= 4 is 29.5 Å². The lowest BCUT2D eigenvalue weighted by molar-refractivity contribution is -0.141. The summed E-state index contributed by atoms with van der Waals surface area (Å²) >= 11 is 1.49. The molecule has 0 aromatic rings. The first-order valence-electron chi connectivity index (χ1n) is 10.9. The van der Waals surface area contributed by atoms with E-state index in [2.05, 4.69) is 56.6 Å². The smallest absolute Gasteiger partial charge is 0.327 e. The highest BCUT2D eigenvalue weighted by Crippen LogP contribution is 2.13. The maximum absolute atomic E-state index is 11.9. The van der Waals surface area contributed by atoms with Crippen LogP contribution in [0, 0.1) is 0 Å². The van der Waals surface area contributed by atoms with Crippen molar-refractivity contribution in [2.75, 3.05) is 18.1 Å². The highest BCUT2D eigenvalue weighted by atomic mass is 32.2. The first-order chi connectivity index (χ1) is 14.6. The molecule has 7 heteroatoms. The van der Waals surface area contributed by atoms with Crippen molar-refractivity contribution in [3.63, 3.8) is 0 Å². The van der Waals surface area contributed by atoms with Crippen molar-refractivity contribution in [1.29, 1.82) is 0 Å². The van der Waals surface area contributed by atoms with E-state index in [1.165, 1.54) is 35.4 Å². The molecule has 0 aromatic carbocycles. The number of rotatable bonds is 16. The van der Waals surface area contributed by atoms with E-state index in [0.717, 1.165) is 31.4 Å². The number of carbonyl (C=O) groups is 3. The number of amides is 2. The highest BCUT2D eigenvalue weighted by Gasteiger charge is 2.19. The number of aliphatic carboxylic acids is 1. The van der Waals surface area contributed by atoms with Gasteiger partial charge in [-0.15, -0.1) is 0 Å². The molecule has 0 aliphatic carbocycles. The van der Waals surface area contributed by atoms with Gasteiger partial charge in [-0.25, -0.2) is 4.79 Å². The minimum atomic E-state index is -1.03. The zero-order valence-corrected chi connectivity index (χ0v) is 20.6. The summed E-state index contributed by atoms with van der Waals surface area (Å²) < 4.78 is 0. The molecule has 176 valence electrons. The fourth-order valence-electron chi connectivity index (χ4n) is 2.68. The van der Waals surface area contributed by atoms with E-state index in [-0.39, 0.29) is 18.2 Å². The molecule has 0 heterocycles. The number of carboxylic acid groups (broad SMARTS) is 1. The largest absolute Gasteiger partial charge is 0.480 e. The second-order valence-corrected chi connectivity index (χ2v) is 9.12. The standard InChI is InChI=1S/C24H40N2O4S/c1-18(2)9-6-10-19(3)11-7-12-20(4)14-16-31-17-22(24(29)30)26-23(28)13-8-15-25-21(5)27/h9,11,14,22H,6-8,10,12-13,15-17H2,1-5H3,(H,25,27)(H,26,28)(H,29,30)/b19-11+,20-14+. The van der Waals surface area contributed by atoms with E-state index in [0.29, 0.717) is 18.7 Å². The lowest BCUT2D eigenvalue weighted by Crippen LogP contribution is -2.42. The number of thioether (sulfide) groups is 1. The Hall–Kier alpha value is -2.02. The SMILES string of the molecule is CC(=O)NCCCC(=O)NC(CSC/C=C(\C)CC/C=C(\C)CCC=C(C)C)C(=O)O. The average Bonchev–Trinajstić information content (AvgIpc) is 2.67. The van der Waals surface area contributed by atoms with E-state index in [1.54, 1.807) is 0 Å². The van der Waals surface area contributed by atoms with Crippen molar-refractivity contribution < 1.29 is 19.5 Å². The molecule has 0 aliphatic heterocycles. The summed E-state index contributed by atoms with van der Waals surface area (Å²) in [6, 6.07) is -0.904. The van der Waals surface area contributed by atoms with E-state index >= 15 is 0 Å². The van der Waals surface area contributed by atoms with Gasteiger partial charge in [0.25, 0.3) is 0 Å². The Balaban J connectivity index is 4.17. The van der Waals surface area contributed by atoms with Crippen LogP contribution < -0.4 is 10.6 Å². The number of carbonyl (C=O) groups excluding carboxylic acids is 2. The molecule has 0 aliphatic rings. The lowest BCUT2D eigenvalue weighted by Gasteiger charge is -2.14. The summed E-state index contributed by atoms with van der Waals surface area (Å²) in [7, 11) is 0. The zero-order chi connectivity index (χ0) is 23.6. The van der Waals surface area contributed by atoms with Gasteiger partial charge in [-0.3, -0.25) is 9.59 Å². The Morgan fingerprint density at radius 3 is 2.10 bits per heavy atom. The Bertz CT molecular complexity index is 664. The molecule has 2 amide bonds. The highest BCUT2D eigenvalue weighted by molar-refractivity contribution is 7.99. The fraction of sp³-hybridized carbons (Fsp3) is 0.625. The van der Waals surface area contributed by atoms with E-state index < -0.39 is 12.0 Å². The van der Waals surface area contributed by atoms with Gasteiger partial charge < -0.3 is 15.7 Å². The van der Waals surface area contributed by atoms with Crippen molar-refractivity contribution in [3.05, 3.63) is 34.9 Å². The Morgan fingerprint density at radius 2 is 1.52 bits per heavy atom. The van der Waals surface area contributed by atoms with Crippen molar-refractivity contribution in [1.82, 2.24) is 10.6 Å². The predicted octanol–water partition coefficient (Wildman–Crippen LogP) is 4.62. The van der Waals surface area contributed by atoms with Gasteiger partial charge in [0.05, 0.1) is 0 Å². The third-order valence-corrected chi connectivity index (χ3v) is 5.52. The molecule has 0 saturated heterocycles. The molecule has 0 rings (SSSR count). The molecule has 1 unspecified atom stereocenters. The molecule has 1 atom stereocenters. The fourth-order valence-corrected chi connectivity index (χ4v) is 3.68. The minimum absolute atomic E-state index is 0.144. The summed E-state index contributed by atoms with van der Waals surface area (Å²) in [5.74, 6) is -0.444. The van der Waals surface area contributed by atoms with Gasteiger partial charge in [-0.2, -0.15) is 11.8 Å². The Morgan fingerprint density at radius 1 is 0.903 bits per heavy atom. The monoisotopic (exact) mass is 452 g/mol. The molecule has 6 nitrogen and oxygen atoms in total. The Labute approximate surface area is 192 Å². The summed E-state index contributed by atoms with van der Waals surface area (Å²) in [5, 5.41) is 14.5. The second kappa shape index (κ2) is 17.6. The van der Waals surface area contributed by atoms with Crippen LogP contribution in [-0.2, 0) is 14.4 Å². The van der Waals surface area contributed by atoms with Crippen LogP contribution >= 0.6 is 11.8 Å². The number of allylic oxidation sites excluding steroid dienone is 5. The molecule has 0 bridgehead atoms. The minimum Gasteiger partial charge on any atom is -0.480 e. The molecular formula is C24H40N2O4S. The molecule has 31 heavy (non-hydrogen) atoms. The number of hydrogen-bond acceptors (Lipinski definition) is 4. The summed E-state index contributed by atoms with van der Waals surface area (Å²) in [4.78, 5) is 34.1. The number of carboxylic acids is 1. The topological polar surface area (TPSA) is 95.5 Å². The quantitative estimate of drug-likeness (QED) is 0.234. The Kier molecular flexibility index (Phi) is 16.5. The second-order valence-electron chi connectivity index (χ2n) is 8.04. The van der Waals surface area contributed by atoms with Crippen LogP contribution in [0.5, 0.6) is 0 Å². The van der Waals surface area contributed by atoms with Crippen LogP contribution in [0.3, 0.4) is 0 Å². The lowest BCUT2D eigenvalue weighted by atomic mass is 10.1. The maximum Gasteiger partial charge on any atom is 0.327 e. The van der Waals surface area contributed by atoms with E-state index in [1.807, 2.05) is 0 Å². The summed E-state index contributed by atoms with van der Waals surface area (Å²) in [6.45, 7) is 10.3. The molecule has 0 radical (unpaired) electrons. The first-order valence-corrected chi connectivity index (χ1v) is 12.1. The van der Waals surface area contributed by atoms with Gasteiger partial charge in [-0.1, -0.05) is 34.9 Å². The van der Waals surface area contributed by atoms with Gasteiger partial charge >= 0.3 is 5.97 Å². The van der Waals surface area contributed by atoms with E-state index in [4.69, 9.17) is 0 Å².